The summed E-state index contributed by atoms with van der Waals surface area (Å²) in [6.07, 6.45) is 1.12. The Bertz CT molecular complexity index is 596. The van der Waals surface area contributed by atoms with Gasteiger partial charge in [-0.1, -0.05) is 19.9 Å². The highest BCUT2D eigenvalue weighted by molar-refractivity contribution is 5.91. The number of esters is 1. The van der Waals surface area contributed by atoms with Gasteiger partial charge in [0, 0.05) is 13.1 Å². The number of piperidine rings is 1. The average Bonchev–Trinajstić information content (AvgIpc) is 2.51. The predicted octanol–water partition coefficient (Wildman–Crippen LogP) is 2.22. The van der Waals surface area contributed by atoms with Crippen molar-refractivity contribution in [3.8, 4) is 6.07 Å². The summed E-state index contributed by atoms with van der Waals surface area (Å²) < 4.78 is 5.07. The van der Waals surface area contributed by atoms with E-state index in [2.05, 4.69) is 13.8 Å². The first-order valence-corrected chi connectivity index (χ1v) is 7.44. The minimum Gasteiger partial charge on any atom is -0.452 e. The molecule has 5 heteroatoms. The van der Waals surface area contributed by atoms with Crippen molar-refractivity contribution in [3.63, 3.8) is 0 Å². The maximum atomic E-state index is 12.1. The van der Waals surface area contributed by atoms with Crippen LogP contribution >= 0.6 is 0 Å². The second-order valence-electron chi connectivity index (χ2n) is 6.01. The molecule has 0 spiro atoms. The zero-order chi connectivity index (χ0) is 16.1. The van der Waals surface area contributed by atoms with E-state index in [1.165, 1.54) is 6.07 Å². The fraction of sp³-hybridized carbons (Fsp3) is 0.471. The van der Waals surface area contributed by atoms with E-state index in [9.17, 15) is 9.59 Å². The van der Waals surface area contributed by atoms with Crippen molar-refractivity contribution in [1.82, 2.24) is 4.90 Å². The Morgan fingerprint density at radius 3 is 2.64 bits per heavy atom. The molecular formula is C17H20N2O3. The molecule has 0 radical (unpaired) electrons. The molecule has 2 rings (SSSR count). The molecule has 1 heterocycles. The lowest BCUT2D eigenvalue weighted by molar-refractivity contribution is -0.137. The standard InChI is InChI=1S/C17H20N2O3/c1-12-6-13(2)10-19(9-12)16(20)11-22-17(21)15-5-3-4-14(7-15)8-18/h3-5,7,12-13H,6,9-11H2,1-2H3/t12-,13-/m0/s1. The summed E-state index contributed by atoms with van der Waals surface area (Å²) in [6.45, 7) is 5.41. The van der Waals surface area contributed by atoms with Crippen LogP contribution in [0.25, 0.3) is 0 Å². The average molecular weight is 300 g/mol. The SMILES string of the molecule is C[C@H]1C[C@H](C)CN(C(=O)COC(=O)c2cccc(C#N)c2)C1. The van der Waals surface area contributed by atoms with Crippen LogP contribution in [0.5, 0.6) is 0 Å². The van der Waals surface area contributed by atoms with E-state index in [0.29, 0.717) is 30.5 Å². The number of carbonyl (C=O) groups excluding carboxylic acids is 2. The van der Waals surface area contributed by atoms with Gasteiger partial charge in [0.25, 0.3) is 5.91 Å². The summed E-state index contributed by atoms with van der Waals surface area (Å²) in [4.78, 5) is 25.8. The molecular weight excluding hydrogens is 280 g/mol. The summed E-state index contributed by atoms with van der Waals surface area (Å²) in [5, 5.41) is 8.82. The molecule has 1 aliphatic rings. The van der Waals surface area contributed by atoms with Crippen molar-refractivity contribution in [1.29, 1.82) is 5.26 Å². The number of rotatable bonds is 3. The van der Waals surface area contributed by atoms with Gasteiger partial charge >= 0.3 is 5.97 Å². The van der Waals surface area contributed by atoms with E-state index >= 15 is 0 Å². The molecule has 1 aromatic rings. The highest BCUT2D eigenvalue weighted by atomic mass is 16.5. The van der Waals surface area contributed by atoms with E-state index in [1.54, 1.807) is 23.1 Å². The minimum absolute atomic E-state index is 0.164. The lowest BCUT2D eigenvalue weighted by Crippen LogP contribution is -2.44. The van der Waals surface area contributed by atoms with Crippen LogP contribution in [0.2, 0.25) is 0 Å². The quantitative estimate of drug-likeness (QED) is 0.803. The molecule has 1 saturated heterocycles. The molecule has 5 nitrogen and oxygen atoms in total. The van der Waals surface area contributed by atoms with Gasteiger partial charge in [0.05, 0.1) is 17.2 Å². The molecule has 0 saturated carbocycles. The highest BCUT2D eigenvalue weighted by Gasteiger charge is 2.26. The Kier molecular flexibility index (Phi) is 5.16. The zero-order valence-corrected chi connectivity index (χ0v) is 12.9. The maximum absolute atomic E-state index is 12.1. The fourth-order valence-corrected chi connectivity index (χ4v) is 2.88. The number of benzene rings is 1. The summed E-state index contributed by atoms with van der Waals surface area (Å²) >= 11 is 0. The van der Waals surface area contributed by atoms with Crippen LogP contribution in [0.4, 0.5) is 0 Å². The number of hydrogen-bond acceptors (Lipinski definition) is 4. The van der Waals surface area contributed by atoms with Crippen LogP contribution in [-0.4, -0.2) is 36.5 Å². The number of nitriles is 1. The first-order valence-electron chi connectivity index (χ1n) is 7.44. The molecule has 22 heavy (non-hydrogen) atoms. The largest absolute Gasteiger partial charge is 0.452 e. The van der Waals surface area contributed by atoms with Gasteiger partial charge in [0.2, 0.25) is 0 Å². The third-order valence-corrected chi connectivity index (χ3v) is 3.78. The van der Waals surface area contributed by atoms with Gasteiger partial charge in [0.1, 0.15) is 0 Å². The monoisotopic (exact) mass is 300 g/mol. The van der Waals surface area contributed by atoms with E-state index in [0.717, 1.165) is 6.42 Å². The summed E-state index contributed by atoms with van der Waals surface area (Å²) in [5.74, 6) is 0.193. The molecule has 0 N–H and O–H groups in total. The Morgan fingerprint density at radius 2 is 2.00 bits per heavy atom. The lowest BCUT2D eigenvalue weighted by atomic mass is 9.92. The van der Waals surface area contributed by atoms with Gasteiger partial charge in [-0.15, -0.1) is 0 Å². The molecule has 1 aromatic carbocycles. The minimum atomic E-state index is -0.580. The smallest absolute Gasteiger partial charge is 0.338 e. The van der Waals surface area contributed by atoms with E-state index in [4.69, 9.17) is 10.00 Å². The van der Waals surface area contributed by atoms with Crippen LogP contribution in [0.1, 0.15) is 36.2 Å². The van der Waals surface area contributed by atoms with Crippen molar-refractivity contribution in [3.05, 3.63) is 35.4 Å². The van der Waals surface area contributed by atoms with E-state index in [1.807, 2.05) is 6.07 Å². The first kappa shape index (κ1) is 16.0. The van der Waals surface area contributed by atoms with Crippen LogP contribution in [0.15, 0.2) is 24.3 Å². The molecule has 1 amide bonds. The highest BCUT2D eigenvalue weighted by Crippen LogP contribution is 2.21. The van der Waals surface area contributed by atoms with Gasteiger partial charge in [0.15, 0.2) is 6.61 Å². The second kappa shape index (κ2) is 7.08. The summed E-state index contributed by atoms with van der Waals surface area (Å²) in [6, 6.07) is 8.22. The van der Waals surface area contributed by atoms with Gasteiger partial charge in [-0.25, -0.2) is 4.79 Å². The number of hydrogen-bond donors (Lipinski definition) is 0. The van der Waals surface area contributed by atoms with E-state index < -0.39 is 5.97 Å². The Balaban J connectivity index is 1.90. The molecule has 1 aliphatic heterocycles. The van der Waals surface area contributed by atoms with Gasteiger partial charge in [-0.05, 0) is 36.5 Å². The third kappa shape index (κ3) is 4.08. The maximum Gasteiger partial charge on any atom is 0.338 e. The van der Waals surface area contributed by atoms with Crippen LogP contribution in [0.3, 0.4) is 0 Å². The summed E-state index contributed by atoms with van der Waals surface area (Å²) in [7, 11) is 0. The topological polar surface area (TPSA) is 70.4 Å². The number of nitrogens with zero attached hydrogens (tertiary/aromatic N) is 2. The summed E-state index contributed by atoms with van der Waals surface area (Å²) in [5.41, 5.74) is 0.673. The van der Waals surface area contributed by atoms with E-state index in [-0.39, 0.29) is 18.1 Å². The Morgan fingerprint density at radius 1 is 1.32 bits per heavy atom. The Hall–Kier alpha value is -2.35. The molecule has 2 atom stereocenters. The molecule has 0 bridgehead atoms. The van der Waals surface area contributed by atoms with Crippen LogP contribution < -0.4 is 0 Å². The molecule has 1 fully saturated rings. The third-order valence-electron chi connectivity index (χ3n) is 3.78. The number of carbonyl (C=O) groups is 2. The fourth-order valence-electron chi connectivity index (χ4n) is 2.88. The van der Waals surface area contributed by atoms with Gasteiger partial charge < -0.3 is 9.64 Å². The molecule has 116 valence electrons. The lowest BCUT2D eigenvalue weighted by Gasteiger charge is -2.34. The number of amides is 1. The molecule has 0 unspecified atom stereocenters. The van der Waals surface area contributed by atoms with Crippen molar-refractivity contribution in [2.75, 3.05) is 19.7 Å². The first-order chi connectivity index (χ1) is 10.5. The van der Waals surface area contributed by atoms with Crippen molar-refractivity contribution >= 4 is 11.9 Å². The van der Waals surface area contributed by atoms with Crippen molar-refractivity contribution in [2.45, 2.75) is 20.3 Å². The van der Waals surface area contributed by atoms with Crippen LogP contribution in [-0.2, 0) is 9.53 Å². The molecule has 0 aromatic heterocycles. The van der Waals surface area contributed by atoms with Gasteiger partial charge in [-0.2, -0.15) is 5.26 Å². The van der Waals surface area contributed by atoms with Crippen molar-refractivity contribution < 1.29 is 14.3 Å². The molecule has 0 aliphatic carbocycles. The second-order valence-corrected chi connectivity index (χ2v) is 6.01. The number of likely N-dealkylation sites (tertiary alicyclic amines) is 1. The predicted molar refractivity (Wildman–Crippen MR) is 81.0 cm³/mol. The van der Waals surface area contributed by atoms with Crippen LogP contribution in [0, 0.1) is 23.2 Å². The van der Waals surface area contributed by atoms with Crippen molar-refractivity contribution in [2.24, 2.45) is 11.8 Å². The zero-order valence-electron chi connectivity index (χ0n) is 12.9. The number of ether oxygens (including phenoxy) is 1. The van der Waals surface area contributed by atoms with Gasteiger partial charge in [-0.3, -0.25) is 4.79 Å². The Labute approximate surface area is 130 Å². The normalized spacial score (nSPS) is 21.0.